The second-order valence-electron chi connectivity index (χ2n) is 6.63. The van der Waals surface area contributed by atoms with Gasteiger partial charge in [0.15, 0.2) is 0 Å². The smallest absolute Gasteiger partial charge is 0.305 e. The van der Waals surface area contributed by atoms with Crippen LogP contribution in [0.5, 0.6) is 0 Å². The van der Waals surface area contributed by atoms with Crippen molar-refractivity contribution in [2.45, 2.75) is 57.3 Å². The van der Waals surface area contributed by atoms with E-state index in [0.29, 0.717) is 18.8 Å². The van der Waals surface area contributed by atoms with Crippen LogP contribution in [-0.2, 0) is 4.79 Å². The number of aliphatic carboxylic acids is 1. The van der Waals surface area contributed by atoms with Gasteiger partial charge in [-0.05, 0) is 54.7 Å². The van der Waals surface area contributed by atoms with Crippen LogP contribution < -0.4 is 0 Å². The summed E-state index contributed by atoms with van der Waals surface area (Å²) >= 11 is 0. The predicted molar refractivity (Wildman–Crippen MR) is 86.7 cm³/mol. The lowest BCUT2D eigenvalue weighted by molar-refractivity contribution is -0.139. The van der Waals surface area contributed by atoms with Crippen LogP contribution in [0, 0.1) is 11.8 Å². The summed E-state index contributed by atoms with van der Waals surface area (Å²) in [4.78, 5) is 10.5. The lowest BCUT2D eigenvalue weighted by Gasteiger charge is -2.32. The van der Waals surface area contributed by atoms with Crippen molar-refractivity contribution >= 4 is 5.97 Å². The average molecular weight is 322 g/mol. The zero-order valence-electron chi connectivity index (χ0n) is 13.4. The monoisotopic (exact) mass is 322 g/mol. The summed E-state index contributed by atoms with van der Waals surface area (Å²) in [6.45, 7) is 2.13. The van der Waals surface area contributed by atoms with Gasteiger partial charge >= 0.3 is 5.97 Å². The van der Waals surface area contributed by atoms with Gasteiger partial charge in [-0.15, -0.1) is 0 Å². The van der Waals surface area contributed by atoms with Gasteiger partial charge in [-0.2, -0.15) is 0 Å². The molecule has 0 aliphatic heterocycles. The number of aliphatic hydroxyl groups excluding tert-OH is 3. The summed E-state index contributed by atoms with van der Waals surface area (Å²) in [5, 5.41) is 38.0. The Bertz CT molecular complexity index is 520. The van der Waals surface area contributed by atoms with E-state index in [1.165, 1.54) is 5.57 Å². The Morgan fingerprint density at radius 3 is 2.78 bits per heavy atom. The highest BCUT2D eigenvalue weighted by Gasteiger charge is 2.28. The molecule has 0 amide bonds. The SMILES string of the molecule is C[C@H]1C=CC2=C[C@H](O)CC=C2[C@H]1CC[C@@H](O)C[C@@H](O)CC(=O)O. The van der Waals surface area contributed by atoms with Crippen LogP contribution in [0.2, 0.25) is 0 Å². The molecule has 2 rings (SSSR count). The molecule has 128 valence electrons. The second-order valence-corrected chi connectivity index (χ2v) is 6.63. The minimum atomic E-state index is -1.06. The lowest BCUT2D eigenvalue weighted by Crippen LogP contribution is -2.25. The highest BCUT2D eigenvalue weighted by Crippen LogP contribution is 2.39. The van der Waals surface area contributed by atoms with Gasteiger partial charge in [-0.3, -0.25) is 4.79 Å². The Balaban J connectivity index is 1.90. The van der Waals surface area contributed by atoms with Crippen molar-refractivity contribution in [2.24, 2.45) is 11.8 Å². The third kappa shape index (κ3) is 5.03. The van der Waals surface area contributed by atoms with E-state index < -0.39 is 24.3 Å². The number of carboxylic acids is 1. The molecule has 0 saturated carbocycles. The number of aliphatic hydroxyl groups is 3. The fourth-order valence-electron chi connectivity index (χ4n) is 3.43. The molecule has 0 bridgehead atoms. The van der Waals surface area contributed by atoms with Crippen LogP contribution in [0.3, 0.4) is 0 Å². The summed E-state index contributed by atoms with van der Waals surface area (Å²) in [6, 6.07) is 0. The van der Waals surface area contributed by atoms with Gasteiger partial charge in [0.1, 0.15) is 0 Å². The van der Waals surface area contributed by atoms with Crippen LogP contribution in [0.15, 0.2) is 35.5 Å². The molecule has 0 fully saturated rings. The van der Waals surface area contributed by atoms with E-state index in [-0.39, 0.29) is 18.8 Å². The molecular weight excluding hydrogens is 296 g/mol. The van der Waals surface area contributed by atoms with Crippen LogP contribution >= 0.6 is 0 Å². The molecule has 0 radical (unpaired) electrons. The van der Waals surface area contributed by atoms with Crippen molar-refractivity contribution < 1.29 is 25.2 Å². The molecule has 0 unspecified atom stereocenters. The fraction of sp³-hybridized carbons (Fsp3) is 0.611. The molecule has 0 aromatic heterocycles. The molecule has 2 aliphatic rings. The predicted octanol–water partition coefficient (Wildman–Crippen LogP) is 1.79. The number of carbonyl (C=O) groups is 1. The van der Waals surface area contributed by atoms with Crippen LogP contribution in [0.1, 0.15) is 39.0 Å². The van der Waals surface area contributed by atoms with E-state index in [0.717, 1.165) is 12.0 Å². The summed E-state index contributed by atoms with van der Waals surface area (Å²) in [7, 11) is 0. The first-order chi connectivity index (χ1) is 10.9. The Morgan fingerprint density at radius 2 is 2.09 bits per heavy atom. The summed E-state index contributed by atoms with van der Waals surface area (Å²) < 4.78 is 0. The van der Waals surface area contributed by atoms with Gasteiger partial charge in [0.2, 0.25) is 0 Å². The second kappa shape index (κ2) is 7.90. The van der Waals surface area contributed by atoms with Crippen molar-refractivity contribution in [1.29, 1.82) is 0 Å². The van der Waals surface area contributed by atoms with Gasteiger partial charge in [0, 0.05) is 0 Å². The fourth-order valence-corrected chi connectivity index (χ4v) is 3.43. The van der Waals surface area contributed by atoms with E-state index in [9.17, 15) is 20.1 Å². The van der Waals surface area contributed by atoms with Gasteiger partial charge < -0.3 is 20.4 Å². The van der Waals surface area contributed by atoms with Crippen molar-refractivity contribution in [3.8, 4) is 0 Å². The number of hydrogen-bond acceptors (Lipinski definition) is 4. The zero-order chi connectivity index (χ0) is 17.0. The number of hydrogen-bond donors (Lipinski definition) is 4. The number of rotatable bonds is 7. The summed E-state index contributed by atoms with van der Waals surface area (Å²) in [5.41, 5.74) is 2.29. The quantitative estimate of drug-likeness (QED) is 0.573. The first kappa shape index (κ1) is 17.9. The van der Waals surface area contributed by atoms with E-state index in [1.807, 2.05) is 12.2 Å². The number of carboxylic acid groups (broad SMARTS) is 1. The van der Waals surface area contributed by atoms with Gasteiger partial charge in [-0.1, -0.05) is 25.2 Å². The molecule has 0 spiro atoms. The Labute approximate surface area is 136 Å². The number of allylic oxidation sites excluding steroid dienone is 4. The van der Waals surface area contributed by atoms with E-state index in [2.05, 4.69) is 19.1 Å². The minimum Gasteiger partial charge on any atom is -0.481 e. The maximum Gasteiger partial charge on any atom is 0.305 e. The minimum absolute atomic E-state index is 0.0870. The molecule has 5 nitrogen and oxygen atoms in total. The van der Waals surface area contributed by atoms with Gasteiger partial charge in [-0.25, -0.2) is 0 Å². The highest BCUT2D eigenvalue weighted by atomic mass is 16.4. The molecule has 23 heavy (non-hydrogen) atoms. The maximum atomic E-state index is 10.5. The molecule has 0 aromatic carbocycles. The van der Waals surface area contributed by atoms with Crippen molar-refractivity contribution in [1.82, 2.24) is 0 Å². The molecule has 5 atom stereocenters. The first-order valence-corrected chi connectivity index (χ1v) is 8.23. The van der Waals surface area contributed by atoms with Gasteiger partial charge in [0.05, 0.1) is 24.7 Å². The Kier molecular flexibility index (Phi) is 6.16. The molecule has 2 aliphatic carbocycles. The molecular formula is C18H26O5. The third-order valence-electron chi connectivity index (χ3n) is 4.66. The summed E-state index contributed by atoms with van der Waals surface area (Å²) in [5.74, 6) is -0.425. The van der Waals surface area contributed by atoms with E-state index in [1.54, 1.807) is 0 Å². The van der Waals surface area contributed by atoms with Crippen molar-refractivity contribution in [2.75, 3.05) is 0 Å². The molecule has 0 aromatic rings. The average Bonchev–Trinajstić information content (AvgIpc) is 2.45. The zero-order valence-corrected chi connectivity index (χ0v) is 13.4. The van der Waals surface area contributed by atoms with E-state index in [4.69, 9.17) is 5.11 Å². The standard InChI is InChI=1S/C18H26O5/c1-11-2-3-12-8-13(19)5-7-17(12)16(11)6-4-14(20)9-15(21)10-18(22)23/h2-3,7-8,11,13-16,19-21H,4-6,9-10H2,1H3,(H,22,23)/t11-,13+,14+,15+,16-/m0/s1. The Hall–Kier alpha value is -1.43. The van der Waals surface area contributed by atoms with Crippen molar-refractivity contribution in [3.05, 3.63) is 35.5 Å². The first-order valence-electron chi connectivity index (χ1n) is 8.23. The Morgan fingerprint density at radius 1 is 1.35 bits per heavy atom. The van der Waals surface area contributed by atoms with Crippen LogP contribution in [0.25, 0.3) is 0 Å². The van der Waals surface area contributed by atoms with E-state index >= 15 is 0 Å². The largest absolute Gasteiger partial charge is 0.481 e. The van der Waals surface area contributed by atoms with Gasteiger partial charge in [0.25, 0.3) is 0 Å². The normalized spacial score (nSPS) is 29.3. The topological polar surface area (TPSA) is 98.0 Å². The maximum absolute atomic E-state index is 10.5. The molecule has 0 saturated heterocycles. The highest BCUT2D eigenvalue weighted by molar-refractivity contribution is 5.67. The van der Waals surface area contributed by atoms with Crippen LogP contribution in [0.4, 0.5) is 0 Å². The molecule has 5 heteroatoms. The molecule has 0 heterocycles. The third-order valence-corrected chi connectivity index (χ3v) is 4.66. The summed E-state index contributed by atoms with van der Waals surface area (Å²) in [6.07, 6.45) is 7.64. The number of fused-ring (bicyclic) bond motifs is 1. The molecule has 4 N–H and O–H groups in total. The lowest BCUT2D eigenvalue weighted by atomic mass is 9.73. The van der Waals surface area contributed by atoms with Crippen molar-refractivity contribution in [3.63, 3.8) is 0 Å². The van der Waals surface area contributed by atoms with Crippen LogP contribution in [-0.4, -0.2) is 44.7 Å².